The molecule has 0 saturated carbocycles. The van der Waals surface area contributed by atoms with E-state index in [1.807, 2.05) is 20.8 Å². The normalized spacial score (nSPS) is 12.3. The van der Waals surface area contributed by atoms with Gasteiger partial charge in [0.15, 0.2) is 0 Å². The minimum absolute atomic E-state index is 0.123. The molecule has 1 aromatic carbocycles. The summed E-state index contributed by atoms with van der Waals surface area (Å²) < 4.78 is 5.71. The van der Waals surface area contributed by atoms with Crippen molar-refractivity contribution >= 4 is 11.7 Å². The third kappa shape index (κ3) is 5.24. The first-order chi connectivity index (χ1) is 11.4. The summed E-state index contributed by atoms with van der Waals surface area (Å²) in [4.78, 5) is 16.0. The molecule has 1 aromatic heterocycles. The van der Waals surface area contributed by atoms with Crippen molar-refractivity contribution in [3.8, 4) is 11.5 Å². The number of carbonyl (C=O) groups is 1. The molecule has 24 heavy (non-hydrogen) atoms. The maximum Gasteiger partial charge on any atom is 0.319 e. The number of benzene rings is 1. The van der Waals surface area contributed by atoms with Crippen molar-refractivity contribution in [1.82, 2.24) is 10.3 Å². The van der Waals surface area contributed by atoms with E-state index < -0.39 is 0 Å². The number of hydrogen-bond donors (Lipinski definition) is 3. The SMILES string of the molecule is CC(C)(C)[C@H](CO)NC(=O)Nc1cccc(Oc2ccncc2)c1. The predicted molar refractivity (Wildman–Crippen MR) is 93.2 cm³/mol. The minimum Gasteiger partial charge on any atom is -0.457 e. The highest BCUT2D eigenvalue weighted by atomic mass is 16.5. The van der Waals surface area contributed by atoms with Crippen molar-refractivity contribution in [3.63, 3.8) is 0 Å². The topological polar surface area (TPSA) is 83.5 Å². The lowest BCUT2D eigenvalue weighted by molar-refractivity contribution is 0.162. The van der Waals surface area contributed by atoms with E-state index >= 15 is 0 Å². The number of urea groups is 1. The number of aliphatic hydroxyl groups is 1. The fourth-order valence-corrected chi connectivity index (χ4v) is 2.04. The Balaban J connectivity index is 2.00. The van der Waals surface area contributed by atoms with Crippen molar-refractivity contribution < 1.29 is 14.6 Å². The van der Waals surface area contributed by atoms with Gasteiger partial charge < -0.3 is 20.5 Å². The second kappa shape index (κ2) is 7.79. The summed E-state index contributed by atoms with van der Waals surface area (Å²) in [5.74, 6) is 1.27. The van der Waals surface area contributed by atoms with Crippen molar-refractivity contribution in [2.24, 2.45) is 5.41 Å². The number of aliphatic hydroxyl groups excluding tert-OH is 1. The number of ether oxygens (including phenoxy) is 1. The van der Waals surface area contributed by atoms with E-state index in [4.69, 9.17) is 4.74 Å². The number of amides is 2. The van der Waals surface area contributed by atoms with Crippen LogP contribution in [0.4, 0.5) is 10.5 Å². The first-order valence-electron chi connectivity index (χ1n) is 7.75. The fourth-order valence-electron chi connectivity index (χ4n) is 2.04. The molecule has 0 unspecified atom stereocenters. The Morgan fingerprint density at radius 2 is 1.92 bits per heavy atom. The average Bonchev–Trinajstić information content (AvgIpc) is 2.53. The molecule has 0 aliphatic carbocycles. The number of hydrogen-bond acceptors (Lipinski definition) is 4. The monoisotopic (exact) mass is 329 g/mol. The standard InChI is InChI=1S/C18H23N3O3/c1-18(2,3)16(12-22)21-17(23)20-13-5-4-6-15(11-13)24-14-7-9-19-10-8-14/h4-11,16,22H,12H2,1-3H3,(H2,20,21,23)/t16-/m0/s1. The van der Waals surface area contributed by atoms with E-state index in [0.717, 1.165) is 0 Å². The van der Waals surface area contributed by atoms with E-state index in [1.54, 1.807) is 48.8 Å². The van der Waals surface area contributed by atoms with E-state index in [-0.39, 0.29) is 24.1 Å². The molecule has 2 amide bonds. The number of aromatic nitrogens is 1. The summed E-state index contributed by atoms with van der Waals surface area (Å²) in [7, 11) is 0. The summed E-state index contributed by atoms with van der Waals surface area (Å²) in [6, 6.07) is 9.88. The third-order valence-electron chi connectivity index (χ3n) is 3.51. The molecule has 0 saturated heterocycles. The van der Waals surface area contributed by atoms with Gasteiger partial charge in [-0.25, -0.2) is 4.79 Å². The first kappa shape index (κ1) is 17.7. The van der Waals surface area contributed by atoms with Gasteiger partial charge in [-0.05, 0) is 29.7 Å². The highest BCUT2D eigenvalue weighted by molar-refractivity contribution is 5.89. The summed E-state index contributed by atoms with van der Waals surface area (Å²) >= 11 is 0. The molecule has 128 valence electrons. The summed E-state index contributed by atoms with van der Waals surface area (Å²) in [5, 5.41) is 14.9. The quantitative estimate of drug-likeness (QED) is 0.785. The summed E-state index contributed by atoms with van der Waals surface area (Å²) in [6.45, 7) is 5.74. The first-order valence-corrected chi connectivity index (χ1v) is 7.75. The Kier molecular flexibility index (Phi) is 5.76. The van der Waals surface area contributed by atoms with Gasteiger partial charge in [-0.2, -0.15) is 0 Å². The molecule has 0 spiro atoms. The zero-order valence-electron chi connectivity index (χ0n) is 14.1. The lowest BCUT2D eigenvalue weighted by Gasteiger charge is -2.29. The number of nitrogens with one attached hydrogen (secondary N) is 2. The molecule has 1 atom stereocenters. The van der Waals surface area contributed by atoms with Crippen molar-refractivity contribution in [2.75, 3.05) is 11.9 Å². The van der Waals surface area contributed by atoms with Crippen LogP contribution in [0.1, 0.15) is 20.8 Å². The Hall–Kier alpha value is -2.60. The molecule has 6 heteroatoms. The molecule has 6 nitrogen and oxygen atoms in total. The van der Waals surface area contributed by atoms with Gasteiger partial charge in [0.05, 0.1) is 12.6 Å². The number of pyridine rings is 1. The molecule has 2 aromatic rings. The van der Waals surface area contributed by atoms with Gasteiger partial charge in [0.2, 0.25) is 0 Å². The lowest BCUT2D eigenvalue weighted by Crippen LogP contribution is -2.47. The van der Waals surface area contributed by atoms with Gasteiger partial charge in [-0.3, -0.25) is 4.98 Å². The van der Waals surface area contributed by atoms with E-state index in [1.165, 1.54) is 0 Å². The van der Waals surface area contributed by atoms with Crippen LogP contribution in [-0.4, -0.2) is 28.8 Å². The fraction of sp³-hybridized carbons (Fsp3) is 0.333. The Morgan fingerprint density at radius 3 is 2.54 bits per heavy atom. The maximum absolute atomic E-state index is 12.1. The molecular formula is C18H23N3O3. The van der Waals surface area contributed by atoms with Crippen molar-refractivity contribution in [3.05, 3.63) is 48.8 Å². The highest BCUT2D eigenvalue weighted by Crippen LogP contribution is 2.24. The zero-order chi connectivity index (χ0) is 17.6. The molecule has 0 bridgehead atoms. The number of nitrogens with zero attached hydrogens (tertiary/aromatic N) is 1. The van der Waals surface area contributed by atoms with E-state index in [2.05, 4.69) is 15.6 Å². The number of carbonyl (C=O) groups excluding carboxylic acids is 1. The second-order valence-corrected chi connectivity index (χ2v) is 6.51. The van der Waals surface area contributed by atoms with Gasteiger partial charge >= 0.3 is 6.03 Å². The molecule has 0 aliphatic heterocycles. The highest BCUT2D eigenvalue weighted by Gasteiger charge is 2.25. The average molecular weight is 329 g/mol. The molecule has 1 heterocycles. The lowest BCUT2D eigenvalue weighted by atomic mass is 9.87. The van der Waals surface area contributed by atoms with Crippen LogP contribution < -0.4 is 15.4 Å². The van der Waals surface area contributed by atoms with Crippen LogP contribution in [0.3, 0.4) is 0 Å². The van der Waals surface area contributed by atoms with Gasteiger partial charge in [0.1, 0.15) is 11.5 Å². The predicted octanol–water partition coefficient (Wildman–Crippen LogP) is 3.40. The number of rotatable bonds is 5. The largest absolute Gasteiger partial charge is 0.457 e. The zero-order valence-corrected chi connectivity index (χ0v) is 14.1. The molecule has 2 rings (SSSR count). The molecule has 0 aliphatic rings. The molecule has 0 fully saturated rings. The van der Waals surface area contributed by atoms with E-state index in [0.29, 0.717) is 17.2 Å². The third-order valence-corrected chi connectivity index (χ3v) is 3.51. The van der Waals surface area contributed by atoms with Gasteiger partial charge in [0, 0.05) is 24.1 Å². The number of anilines is 1. The van der Waals surface area contributed by atoms with Gasteiger partial charge in [0.25, 0.3) is 0 Å². The Bertz CT molecular complexity index is 669. The smallest absolute Gasteiger partial charge is 0.319 e. The van der Waals surface area contributed by atoms with Crippen LogP contribution in [-0.2, 0) is 0 Å². The van der Waals surface area contributed by atoms with E-state index in [9.17, 15) is 9.90 Å². The molecular weight excluding hydrogens is 306 g/mol. The Labute approximate surface area is 141 Å². The van der Waals surface area contributed by atoms with Crippen molar-refractivity contribution in [1.29, 1.82) is 0 Å². The second-order valence-electron chi connectivity index (χ2n) is 6.51. The van der Waals surface area contributed by atoms with Crippen LogP contribution in [0, 0.1) is 5.41 Å². The van der Waals surface area contributed by atoms with Gasteiger partial charge in [-0.15, -0.1) is 0 Å². The van der Waals surface area contributed by atoms with Gasteiger partial charge in [-0.1, -0.05) is 26.8 Å². The van der Waals surface area contributed by atoms with Crippen molar-refractivity contribution in [2.45, 2.75) is 26.8 Å². The van der Waals surface area contributed by atoms with Crippen LogP contribution >= 0.6 is 0 Å². The van der Waals surface area contributed by atoms with Crippen LogP contribution in [0.25, 0.3) is 0 Å². The summed E-state index contributed by atoms with van der Waals surface area (Å²) in [5.41, 5.74) is 0.364. The molecule has 0 radical (unpaired) electrons. The summed E-state index contributed by atoms with van der Waals surface area (Å²) in [6.07, 6.45) is 3.29. The van der Waals surface area contributed by atoms with Crippen LogP contribution in [0.5, 0.6) is 11.5 Å². The van der Waals surface area contributed by atoms with Crippen LogP contribution in [0.15, 0.2) is 48.8 Å². The molecule has 3 N–H and O–H groups in total. The van der Waals surface area contributed by atoms with Crippen LogP contribution in [0.2, 0.25) is 0 Å². The minimum atomic E-state index is -0.370. The Morgan fingerprint density at radius 1 is 1.21 bits per heavy atom. The maximum atomic E-state index is 12.1.